The van der Waals surface area contributed by atoms with E-state index in [2.05, 4.69) is 44.4 Å². The number of aryl methyl sites for hydroxylation is 2. The Morgan fingerprint density at radius 2 is 1.79 bits per heavy atom. The van der Waals surface area contributed by atoms with Crippen molar-refractivity contribution in [2.75, 3.05) is 4.90 Å². The highest BCUT2D eigenvalue weighted by Gasteiger charge is 2.46. The summed E-state index contributed by atoms with van der Waals surface area (Å²) in [6, 6.07) is 17.0. The van der Waals surface area contributed by atoms with Gasteiger partial charge in [0.05, 0.1) is 27.2 Å². The Balaban J connectivity index is 1.33. The first-order valence-corrected chi connectivity index (χ1v) is 14.6. The van der Waals surface area contributed by atoms with Crippen LogP contribution in [0.3, 0.4) is 0 Å². The summed E-state index contributed by atoms with van der Waals surface area (Å²) in [6.07, 6.45) is 3.17. The normalized spacial score (nSPS) is 15.5. The molecule has 8 nitrogen and oxygen atoms in total. The number of amides is 1. The van der Waals surface area contributed by atoms with E-state index in [0.29, 0.717) is 31.4 Å². The largest absolute Gasteiger partial charge is 0.503 e. The predicted octanol–water partition coefficient (Wildman–Crippen LogP) is 6.23. The molecule has 1 N–H and O–H groups in total. The second-order valence-corrected chi connectivity index (χ2v) is 12.3. The molecule has 11 heteroatoms. The van der Waals surface area contributed by atoms with Crippen molar-refractivity contribution in [1.29, 1.82) is 0 Å². The second kappa shape index (κ2) is 10.3. The topological polar surface area (TPSA) is 109 Å². The lowest BCUT2D eigenvalue weighted by molar-refractivity contribution is -0.117. The van der Waals surface area contributed by atoms with E-state index in [4.69, 9.17) is 0 Å². The number of carbonyl (C=O) groups excluding carboxylic acids is 2. The van der Waals surface area contributed by atoms with Crippen LogP contribution in [-0.2, 0) is 10.5 Å². The lowest BCUT2D eigenvalue weighted by Gasteiger charge is -2.23. The highest BCUT2D eigenvalue weighted by atomic mass is 32.2. The zero-order valence-corrected chi connectivity index (χ0v) is 23.3. The summed E-state index contributed by atoms with van der Waals surface area (Å²) in [5.74, 6) is -1.04. The number of ketones is 1. The lowest BCUT2D eigenvalue weighted by Crippen LogP contribution is -2.31. The molecule has 1 aliphatic rings. The lowest BCUT2D eigenvalue weighted by atomic mass is 9.96. The number of rotatable bonds is 7. The quantitative estimate of drug-likeness (QED) is 0.139. The van der Waals surface area contributed by atoms with Crippen LogP contribution in [0.5, 0.6) is 0 Å². The highest BCUT2D eigenvalue weighted by Crippen LogP contribution is 2.44. The fourth-order valence-corrected chi connectivity index (χ4v) is 7.42. The molecule has 3 aromatic heterocycles. The third-order valence-electron chi connectivity index (χ3n) is 6.42. The molecule has 1 unspecified atom stereocenters. The molecular formula is C28H21N5O3S3. The number of thiazole rings is 1. The smallest absolute Gasteiger partial charge is 0.296 e. The van der Waals surface area contributed by atoms with Gasteiger partial charge in [0.15, 0.2) is 10.1 Å². The van der Waals surface area contributed by atoms with E-state index < -0.39 is 23.5 Å². The number of Topliss-reactive ketones (excluding diaryl/α,β-unsaturated/α-hetero) is 1. The van der Waals surface area contributed by atoms with Gasteiger partial charge in [-0.25, -0.2) is 4.98 Å². The molecule has 194 valence electrons. The molecule has 1 aliphatic heterocycles. The Bertz CT molecular complexity index is 1760. The van der Waals surface area contributed by atoms with E-state index in [0.717, 1.165) is 5.01 Å². The standard InChI is InChI=1S/C28H21N5O3S3/c1-15-25(38-16(2)30-15)23(34)21-22(18-10-12-29-13-11-18)33(26(36)24(21)35)27-31-32-28(39-27)37-14-19-8-5-7-17-6-3-4-9-20(17)19/h3-13,22,35H,14H2,1-2H3. The van der Waals surface area contributed by atoms with Gasteiger partial charge in [0.1, 0.15) is 0 Å². The maximum absolute atomic E-state index is 13.7. The van der Waals surface area contributed by atoms with Crippen molar-refractivity contribution in [1.82, 2.24) is 20.2 Å². The van der Waals surface area contributed by atoms with E-state index in [-0.39, 0.29) is 5.57 Å². The van der Waals surface area contributed by atoms with Gasteiger partial charge in [-0.15, -0.1) is 21.5 Å². The molecule has 0 aliphatic carbocycles. The van der Waals surface area contributed by atoms with Crippen molar-refractivity contribution in [2.45, 2.75) is 30.0 Å². The second-order valence-electron chi connectivity index (χ2n) is 8.87. The molecule has 0 saturated carbocycles. The summed E-state index contributed by atoms with van der Waals surface area (Å²) in [4.78, 5) is 37.3. The van der Waals surface area contributed by atoms with Gasteiger partial charge in [0.2, 0.25) is 10.9 Å². The molecule has 6 rings (SSSR count). The van der Waals surface area contributed by atoms with Gasteiger partial charge in [-0.05, 0) is 47.9 Å². The van der Waals surface area contributed by atoms with Crippen molar-refractivity contribution in [3.8, 4) is 0 Å². The molecular weight excluding hydrogens is 551 g/mol. The number of aliphatic hydroxyl groups excluding tert-OH is 1. The number of hydrogen-bond donors (Lipinski definition) is 1. The molecule has 5 aromatic rings. The van der Waals surface area contributed by atoms with Crippen LogP contribution in [0.25, 0.3) is 10.8 Å². The number of aromatic nitrogens is 4. The van der Waals surface area contributed by atoms with Crippen LogP contribution in [0.2, 0.25) is 0 Å². The van der Waals surface area contributed by atoms with E-state index in [9.17, 15) is 14.7 Å². The van der Waals surface area contributed by atoms with Crippen LogP contribution in [0.4, 0.5) is 5.13 Å². The fraction of sp³-hybridized carbons (Fsp3) is 0.143. The van der Waals surface area contributed by atoms with Crippen LogP contribution < -0.4 is 4.90 Å². The summed E-state index contributed by atoms with van der Waals surface area (Å²) >= 11 is 4.01. The number of fused-ring (bicyclic) bond motifs is 1. The molecule has 0 saturated heterocycles. The molecule has 4 heterocycles. The Hall–Kier alpha value is -3.93. The Morgan fingerprint density at radius 1 is 1.03 bits per heavy atom. The summed E-state index contributed by atoms with van der Waals surface area (Å²) in [7, 11) is 0. The van der Waals surface area contributed by atoms with Gasteiger partial charge in [-0.3, -0.25) is 19.5 Å². The van der Waals surface area contributed by atoms with Crippen molar-refractivity contribution >= 4 is 62.0 Å². The van der Waals surface area contributed by atoms with Gasteiger partial charge >= 0.3 is 0 Å². The zero-order valence-electron chi connectivity index (χ0n) is 20.9. The van der Waals surface area contributed by atoms with Crippen LogP contribution >= 0.6 is 34.4 Å². The van der Waals surface area contributed by atoms with Crippen molar-refractivity contribution in [3.05, 3.63) is 105 Å². The van der Waals surface area contributed by atoms with Crippen molar-refractivity contribution < 1.29 is 14.7 Å². The predicted molar refractivity (Wildman–Crippen MR) is 153 cm³/mol. The number of aliphatic hydroxyl groups is 1. The van der Waals surface area contributed by atoms with Gasteiger partial charge in [-0.2, -0.15) is 0 Å². The van der Waals surface area contributed by atoms with Crippen LogP contribution in [0.15, 0.2) is 82.7 Å². The monoisotopic (exact) mass is 571 g/mol. The average Bonchev–Trinajstić information content (AvgIpc) is 3.63. The summed E-state index contributed by atoms with van der Waals surface area (Å²) in [6.45, 7) is 3.56. The first kappa shape index (κ1) is 25.4. The van der Waals surface area contributed by atoms with Gasteiger partial charge < -0.3 is 5.11 Å². The average molecular weight is 572 g/mol. The fourth-order valence-electron chi connectivity index (χ4n) is 4.68. The van der Waals surface area contributed by atoms with E-state index in [1.807, 2.05) is 25.1 Å². The molecule has 0 fully saturated rings. The Labute approximate surface area is 236 Å². The van der Waals surface area contributed by atoms with Crippen LogP contribution in [0, 0.1) is 13.8 Å². The van der Waals surface area contributed by atoms with Crippen LogP contribution in [0.1, 0.15) is 37.5 Å². The maximum atomic E-state index is 13.7. The first-order valence-electron chi connectivity index (χ1n) is 12.0. The summed E-state index contributed by atoms with van der Waals surface area (Å²) in [5.41, 5.74) is 2.36. The van der Waals surface area contributed by atoms with Crippen LogP contribution in [-0.4, -0.2) is 37.0 Å². The van der Waals surface area contributed by atoms with E-state index in [1.54, 1.807) is 31.5 Å². The molecule has 39 heavy (non-hydrogen) atoms. The molecule has 0 spiro atoms. The minimum atomic E-state index is -0.876. The minimum absolute atomic E-state index is 0.00175. The first-order chi connectivity index (χ1) is 18.9. The molecule has 1 amide bonds. The molecule has 0 bridgehead atoms. The Morgan fingerprint density at radius 3 is 2.56 bits per heavy atom. The molecule has 1 atom stereocenters. The number of nitrogens with zero attached hydrogens (tertiary/aromatic N) is 5. The molecule has 0 radical (unpaired) electrons. The van der Waals surface area contributed by atoms with Crippen molar-refractivity contribution in [3.63, 3.8) is 0 Å². The summed E-state index contributed by atoms with van der Waals surface area (Å²) < 4.78 is 0.674. The van der Waals surface area contributed by atoms with Gasteiger partial charge in [0.25, 0.3) is 5.91 Å². The number of anilines is 1. The van der Waals surface area contributed by atoms with Gasteiger partial charge in [0, 0.05) is 18.1 Å². The minimum Gasteiger partial charge on any atom is -0.503 e. The third-order valence-corrected chi connectivity index (χ3v) is 9.59. The SMILES string of the molecule is Cc1nc(C)c(C(=O)C2=C(O)C(=O)N(c3nnc(SCc4cccc5ccccc45)s3)C2c2ccncc2)s1. The number of hydrogen-bond acceptors (Lipinski definition) is 10. The number of carbonyl (C=O) groups is 2. The highest BCUT2D eigenvalue weighted by molar-refractivity contribution is 8.00. The number of benzene rings is 2. The number of pyridine rings is 1. The third kappa shape index (κ3) is 4.62. The zero-order chi connectivity index (χ0) is 27.1. The molecule has 2 aromatic carbocycles. The van der Waals surface area contributed by atoms with Gasteiger partial charge in [-0.1, -0.05) is 65.6 Å². The van der Waals surface area contributed by atoms with Crippen molar-refractivity contribution in [2.24, 2.45) is 0 Å². The summed E-state index contributed by atoms with van der Waals surface area (Å²) in [5, 5.41) is 23.0. The number of thioether (sulfide) groups is 1. The Kier molecular flexibility index (Phi) is 6.71. The maximum Gasteiger partial charge on any atom is 0.296 e. The van der Waals surface area contributed by atoms with E-state index in [1.165, 1.54) is 55.7 Å². The van der Waals surface area contributed by atoms with E-state index >= 15 is 0 Å².